The standard InChI is InChI=1S/C26H23NO9/c1-5-33-20-12-15(8-9-18(20)35-26(29)19-7-6-10-34-19)11-17-25(28)36-24(27-17)16-13-21(30-2)23(32-4)22(14-16)31-3/h6-14H,5H2,1-4H3. The Morgan fingerprint density at radius 3 is 2.33 bits per heavy atom. The SMILES string of the molecule is CCOc1cc(C=C2N=C(c3cc(OC)c(OC)c(OC)c3)OC2=O)ccc1OC(=O)c1ccco1. The molecule has 3 aromatic rings. The number of carbonyl (C=O) groups excluding carboxylic acids is 2. The Bertz CT molecular complexity index is 1310. The summed E-state index contributed by atoms with van der Waals surface area (Å²) in [5.74, 6) is 0.554. The number of benzene rings is 2. The van der Waals surface area contributed by atoms with Gasteiger partial charge in [-0.3, -0.25) is 0 Å². The number of aliphatic imine (C=N–C) groups is 1. The zero-order chi connectivity index (χ0) is 25.7. The summed E-state index contributed by atoms with van der Waals surface area (Å²) in [6.07, 6.45) is 2.91. The Balaban J connectivity index is 1.63. The van der Waals surface area contributed by atoms with Crippen LogP contribution in [0.25, 0.3) is 6.08 Å². The molecule has 10 heteroatoms. The van der Waals surface area contributed by atoms with Crippen LogP contribution in [0.15, 0.2) is 63.8 Å². The maximum Gasteiger partial charge on any atom is 0.379 e. The van der Waals surface area contributed by atoms with Gasteiger partial charge in [-0.1, -0.05) is 6.07 Å². The van der Waals surface area contributed by atoms with Crippen LogP contribution >= 0.6 is 0 Å². The molecule has 2 heterocycles. The highest BCUT2D eigenvalue weighted by atomic mass is 16.6. The molecule has 1 aliphatic heterocycles. The third-order valence-corrected chi connectivity index (χ3v) is 5.03. The van der Waals surface area contributed by atoms with Crippen LogP contribution in [0.3, 0.4) is 0 Å². The normalized spacial score (nSPS) is 13.7. The van der Waals surface area contributed by atoms with Gasteiger partial charge in [-0.2, -0.15) is 0 Å². The number of ether oxygens (including phenoxy) is 6. The van der Waals surface area contributed by atoms with Gasteiger partial charge >= 0.3 is 11.9 Å². The fraction of sp³-hybridized carbons (Fsp3) is 0.192. The second kappa shape index (κ2) is 10.7. The number of carbonyl (C=O) groups is 2. The van der Waals surface area contributed by atoms with Crippen molar-refractivity contribution in [3.63, 3.8) is 0 Å². The van der Waals surface area contributed by atoms with Crippen LogP contribution in [0.2, 0.25) is 0 Å². The molecule has 0 radical (unpaired) electrons. The Labute approximate surface area is 206 Å². The lowest BCUT2D eigenvalue weighted by Gasteiger charge is -2.13. The predicted molar refractivity (Wildman–Crippen MR) is 128 cm³/mol. The molecule has 0 fully saturated rings. The van der Waals surface area contributed by atoms with Gasteiger partial charge in [0.05, 0.1) is 34.2 Å². The fourth-order valence-corrected chi connectivity index (χ4v) is 3.41. The molecule has 36 heavy (non-hydrogen) atoms. The fourth-order valence-electron chi connectivity index (χ4n) is 3.41. The molecule has 0 bridgehead atoms. The van der Waals surface area contributed by atoms with Gasteiger partial charge < -0.3 is 32.8 Å². The molecular formula is C26H23NO9. The van der Waals surface area contributed by atoms with E-state index in [2.05, 4.69) is 4.99 Å². The van der Waals surface area contributed by atoms with Crippen molar-refractivity contribution >= 4 is 23.9 Å². The average Bonchev–Trinajstić information content (AvgIpc) is 3.55. The van der Waals surface area contributed by atoms with Crippen LogP contribution in [-0.4, -0.2) is 45.8 Å². The molecule has 0 saturated carbocycles. The van der Waals surface area contributed by atoms with Gasteiger partial charge in [0.25, 0.3) is 0 Å². The first-order chi connectivity index (χ1) is 17.5. The second-order valence-electron chi connectivity index (χ2n) is 7.26. The Hall–Kier alpha value is -4.73. The molecule has 0 amide bonds. The van der Waals surface area contributed by atoms with Gasteiger partial charge in [-0.15, -0.1) is 0 Å². The number of rotatable bonds is 9. The summed E-state index contributed by atoms with van der Waals surface area (Å²) in [6, 6.07) is 11.2. The number of furan rings is 1. The van der Waals surface area contributed by atoms with E-state index in [9.17, 15) is 9.59 Å². The number of hydrogen-bond acceptors (Lipinski definition) is 10. The quantitative estimate of drug-likeness (QED) is 0.245. The van der Waals surface area contributed by atoms with Gasteiger partial charge in [0, 0.05) is 5.56 Å². The smallest absolute Gasteiger partial charge is 0.379 e. The van der Waals surface area contributed by atoms with E-state index in [-0.39, 0.29) is 23.1 Å². The molecule has 0 atom stereocenters. The molecule has 0 aliphatic carbocycles. The molecule has 0 unspecified atom stereocenters. The Morgan fingerprint density at radius 1 is 0.972 bits per heavy atom. The number of methoxy groups -OCH3 is 3. The molecule has 1 aromatic heterocycles. The van der Waals surface area contributed by atoms with Crippen LogP contribution in [0.1, 0.15) is 28.6 Å². The summed E-state index contributed by atoms with van der Waals surface area (Å²) >= 11 is 0. The first-order valence-electron chi connectivity index (χ1n) is 10.8. The molecule has 0 saturated heterocycles. The zero-order valence-corrected chi connectivity index (χ0v) is 20.0. The number of cyclic esters (lactones) is 1. The van der Waals surface area contributed by atoms with Crippen molar-refractivity contribution in [2.75, 3.05) is 27.9 Å². The van der Waals surface area contributed by atoms with E-state index < -0.39 is 11.9 Å². The van der Waals surface area contributed by atoms with E-state index in [0.29, 0.717) is 40.7 Å². The van der Waals surface area contributed by atoms with Crippen LogP contribution in [0.5, 0.6) is 28.7 Å². The summed E-state index contributed by atoms with van der Waals surface area (Å²) in [6.45, 7) is 2.13. The van der Waals surface area contributed by atoms with E-state index in [1.165, 1.54) is 39.7 Å². The van der Waals surface area contributed by atoms with E-state index in [1.807, 2.05) is 0 Å². The van der Waals surface area contributed by atoms with Crippen molar-refractivity contribution in [1.29, 1.82) is 0 Å². The molecule has 0 N–H and O–H groups in total. The molecule has 4 rings (SSSR count). The van der Waals surface area contributed by atoms with Crippen molar-refractivity contribution in [3.8, 4) is 28.7 Å². The number of esters is 2. The average molecular weight is 493 g/mol. The van der Waals surface area contributed by atoms with Crippen molar-refractivity contribution in [1.82, 2.24) is 0 Å². The van der Waals surface area contributed by atoms with E-state index in [1.54, 1.807) is 43.3 Å². The van der Waals surface area contributed by atoms with Crippen LogP contribution in [0, 0.1) is 0 Å². The van der Waals surface area contributed by atoms with Crippen LogP contribution in [-0.2, 0) is 9.53 Å². The third kappa shape index (κ3) is 5.02. The molecule has 10 nitrogen and oxygen atoms in total. The maximum absolute atomic E-state index is 12.5. The number of nitrogens with zero attached hydrogens (tertiary/aromatic N) is 1. The zero-order valence-electron chi connectivity index (χ0n) is 20.0. The largest absolute Gasteiger partial charge is 0.493 e. The summed E-state index contributed by atoms with van der Waals surface area (Å²) in [5, 5.41) is 0. The molecule has 1 aliphatic rings. The van der Waals surface area contributed by atoms with E-state index in [4.69, 9.17) is 32.8 Å². The van der Waals surface area contributed by atoms with Gasteiger partial charge in [0.15, 0.2) is 28.7 Å². The highest BCUT2D eigenvalue weighted by Gasteiger charge is 2.27. The van der Waals surface area contributed by atoms with Gasteiger partial charge in [0.2, 0.25) is 17.4 Å². The molecule has 0 spiro atoms. The van der Waals surface area contributed by atoms with Crippen LogP contribution < -0.4 is 23.7 Å². The van der Waals surface area contributed by atoms with Gasteiger partial charge in [0.1, 0.15) is 0 Å². The van der Waals surface area contributed by atoms with E-state index >= 15 is 0 Å². The predicted octanol–water partition coefficient (Wildman–Crippen LogP) is 4.27. The minimum Gasteiger partial charge on any atom is -0.493 e. The summed E-state index contributed by atoms with van der Waals surface area (Å²) in [7, 11) is 4.47. The topological polar surface area (TPSA) is 115 Å². The van der Waals surface area contributed by atoms with Crippen molar-refractivity contribution in [3.05, 3.63) is 71.3 Å². The lowest BCUT2D eigenvalue weighted by Crippen LogP contribution is -2.08. The minimum atomic E-state index is -0.661. The number of hydrogen-bond donors (Lipinski definition) is 0. The summed E-state index contributed by atoms with van der Waals surface area (Å²) in [5.41, 5.74) is 1.12. The first-order valence-corrected chi connectivity index (χ1v) is 10.8. The first kappa shape index (κ1) is 24.4. The van der Waals surface area contributed by atoms with Gasteiger partial charge in [-0.05, 0) is 55.0 Å². The Kier molecular flexibility index (Phi) is 7.24. The second-order valence-corrected chi connectivity index (χ2v) is 7.26. The monoisotopic (exact) mass is 493 g/mol. The maximum atomic E-state index is 12.5. The summed E-state index contributed by atoms with van der Waals surface area (Å²) in [4.78, 5) is 29.1. The van der Waals surface area contributed by atoms with Gasteiger partial charge in [-0.25, -0.2) is 14.6 Å². The third-order valence-electron chi connectivity index (χ3n) is 5.03. The molecular weight excluding hydrogens is 470 g/mol. The lowest BCUT2D eigenvalue weighted by molar-refractivity contribution is -0.129. The van der Waals surface area contributed by atoms with E-state index in [0.717, 1.165) is 0 Å². The highest BCUT2D eigenvalue weighted by molar-refractivity contribution is 6.13. The lowest BCUT2D eigenvalue weighted by atomic mass is 10.1. The summed E-state index contributed by atoms with van der Waals surface area (Å²) < 4.78 is 37.5. The highest BCUT2D eigenvalue weighted by Crippen LogP contribution is 2.39. The van der Waals surface area contributed by atoms with Crippen molar-refractivity contribution in [2.24, 2.45) is 4.99 Å². The Morgan fingerprint density at radius 2 is 1.72 bits per heavy atom. The minimum absolute atomic E-state index is 0.0611. The molecule has 2 aromatic carbocycles. The van der Waals surface area contributed by atoms with Crippen LogP contribution in [0.4, 0.5) is 0 Å². The van der Waals surface area contributed by atoms with Crippen molar-refractivity contribution in [2.45, 2.75) is 6.92 Å². The van der Waals surface area contributed by atoms with Crippen molar-refractivity contribution < 1.29 is 42.4 Å². The molecule has 186 valence electrons.